The lowest BCUT2D eigenvalue weighted by Gasteiger charge is -2.28. The van der Waals surface area contributed by atoms with E-state index < -0.39 is 47.9 Å². The second-order valence-electron chi connectivity index (χ2n) is 10.4. The number of hydrogen-bond acceptors (Lipinski definition) is 8. The molecule has 0 unspecified atom stereocenters. The number of carbonyl (C=O) groups excluding carboxylic acids is 1. The van der Waals surface area contributed by atoms with Crippen molar-refractivity contribution in [2.45, 2.75) is 83.0 Å². The van der Waals surface area contributed by atoms with Crippen molar-refractivity contribution in [3.05, 3.63) is 30.1 Å². The Hall–Kier alpha value is -3.34. The number of hydrogen-bond donors (Lipinski definition) is 2. The Kier molecular flexibility index (Phi) is 7.36. The summed E-state index contributed by atoms with van der Waals surface area (Å²) >= 11 is 0. The number of para-hydroxylation sites is 1. The lowest BCUT2D eigenvalue weighted by molar-refractivity contribution is -0.156. The molecule has 2 atom stereocenters. The summed E-state index contributed by atoms with van der Waals surface area (Å²) < 4.78 is 42.2. The minimum Gasteiger partial charge on any atom is -0.481 e. The molecule has 3 heterocycles. The molecule has 11 heteroatoms. The molecule has 1 aromatic carbocycles. The van der Waals surface area contributed by atoms with Gasteiger partial charge in [0.15, 0.2) is 11.4 Å². The zero-order valence-corrected chi connectivity index (χ0v) is 21.0. The van der Waals surface area contributed by atoms with E-state index in [0.29, 0.717) is 23.8 Å². The van der Waals surface area contributed by atoms with Crippen LogP contribution in [0.2, 0.25) is 0 Å². The minimum absolute atomic E-state index is 0.00541. The molecule has 0 radical (unpaired) electrons. The van der Waals surface area contributed by atoms with E-state index in [1.807, 2.05) is 0 Å². The third kappa shape index (κ3) is 5.98. The number of aromatic nitrogens is 2. The number of benzene rings is 1. The maximum Gasteiger partial charge on any atom is 0.329 e. The summed E-state index contributed by atoms with van der Waals surface area (Å²) in [6, 6.07) is 5.93. The van der Waals surface area contributed by atoms with E-state index in [-0.39, 0.29) is 42.7 Å². The summed E-state index contributed by atoms with van der Waals surface area (Å²) in [7, 11) is 0. The highest BCUT2D eigenvalue weighted by molar-refractivity contribution is 6.06. The van der Waals surface area contributed by atoms with Crippen molar-refractivity contribution >= 4 is 39.8 Å². The van der Waals surface area contributed by atoms with Gasteiger partial charge < -0.3 is 24.3 Å². The van der Waals surface area contributed by atoms with Gasteiger partial charge in [-0.2, -0.15) is 8.78 Å². The van der Waals surface area contributed by atoms with E-state index in [0.717, 1.165) is 0 Å². The van der Waals surface area contributed by atoms with Crippen molar-refractivity contribution in [2.75, 3.05) is 11.4 Å². The quantitative estimate of drug-likeness (QED) is 0.303. The molecule has 4 rings (SSSR count). The highest BCUT2D eigenvalue weighted by atomic mass is 19.3. The highest BCUT2D eigenvalue weighted by Gasteiger charge is 2.43. The van der Waals surface area contributed by atoms with Gasteiger partial charge in [0.1, 0.15) is 22.7 Å². The van der Waals surface area contributed by atoms with E-state index in [1.54, 1.807) is 45.0 Å². The average molecular weight is 520 g/mol. The molecule has 2 aromatic heterocycles. The van der Waals surface area contributed by atoms with Crippen molar-refractivity contribution in [1.29, 1.82) is 0 Å². The molecule has 9 nitrogen and oxygen atoms in total. The van der Waals surface area contributed by atoms with E-state index in [9.17, 15) is 14.7 Å². The maximum absolute atomic E-state index is 15.4. The topological polar surface area (TPSA) is 126 Å². The number of rotatable bonds is 9. The number of esters is 1. The number of carboxylic acid groups (broad SMARTS) is 1. The predicted octanol–water partition coefficient (Wildman–Crippen LogP) is 4.78. The fourth-order valence-corrected chi connectivity index (χ4v) is 4.49. The van der Waals surface area contributed by atoms with Gasteiger partial charge in [-0.3, -0.25) is 4.79 Å². The first-order valence-electron chi connectivity index (χ1n) is 12.3. The van der Waals surface area contributed by atoms with Gasteiger partial charge in [-0.15, -0.1) is 0 Å². The van der Waals surface area contributed by atoms with Crippen molar-refractivity contribution in [3.8, 4) is 0 Å². The lowest BCUT2D eigenvalue weighted by atomic mass is 10.1. The monoisotopic (exact) mass is 519 g/mol. The number of carbonyl (C=O) groups is 2. The van der Waals surface area contributed by atoms with E-state index in [1.165, 1.54) is 4.90 Å². The maximum atomic E-state index is 15.4. The van der Waals surface area contributed by atoms with Crippen LogP contribution in [0.25, 0.3) is 22.1 Å². The van der Waals surface area contributed by atoms with Crippen LogP contribution in [0, 0.1) is 0 Å². The number of furan rings is 1. The number of halogens is 2. The molecule has 0 aliphatic carbocycles. The molecule has 2 N–H and O–H groups in total. The summed E-state index contributed by atoms with van der Waals surface area (Å²) in [4.78, 5) is 33.5. The number of aliphatic hydroxyl groups excluding tert-OH is 1. The number of aliphatic hydroxyl groups is 1. The van der Waals surface area contributed by atoms with Crippen LogP contribution < -0.4 is 4.90 Å². The van der Waals surface area contributed by atoms with Gasteiger partial charge in [0.25, 0.3) is 0 Å². The van der Waals surface area contributed by atoms with Crippen molar-refractivity contribution in [3.63, 3.8) is 0 Å². The molecular formula is C26H31F2N3O6. The number of anilines is 1. The number of nitrogens with zero attached hydrogens (tertiary/aromatic N) is 3. The van der Waals surface area contributed by atoms with Crippen LogP contribution in [0.1, 0.15) is 65.1 Å². The molecular weight excluding hydrogens is 488 g/mol. The first-order chi connectivity index (χ1) is 17.4. The summed E-state index contributed by atoms with van der Waals surface area (Å²) in [6.07, 6.45) is -0.780. The van der Waals surface area contributed by atoms with Crippen LogP contribution in [0.15, 0.2) is 28.7 Å². The van der Waals surface area contributed by atoms with Crippen molar-refractivity contribution in [1.82, 2.24) is 9.97 Å². The molecule has 0 saturated carbocycles. The molecule has 1 aliphatic rings. The summed E-state index contributed by atoms with van der Waals surface area (Å²) in [5, 5.41) is 19.7. The SMILES string of the molecule is CC(C)(C)OC(=O)[C@@H]1C[C@H](O)CN1c1nc(C(F)(F)CCCCCC(=O)O)nc2c1oc1ccccc12. The number of unbranched alkanes of at least 4 members (excludes halogenated alkanes) is 2. The van der Waals surface area contributed by atoms with Crippen LogP contribution in [0.5, 0.6) is 0 Å². The zero-order valence-electron chi connectivity index (χ0n) is 21.0. The Bertz CT molecular complexity index is 1300. The molecule has 3 aromatic rings. The third-order valence-corrected chi connectivity index (χ3v) is 6.14. The smallest absolute Gasteiger partial charge is 0.329 e. The molecule has 0 amide bonds. The molecule has 1 saturated heterocycles. The normalized spacial score (nSPS) is 18.6. The fraction of sp³-hybridized carbons (Fsp3) is 0.538. The van der Waals surface area contributed by atoms with Crippen molar-refractivity contribution < 1.29 is 37.7 Å². The van der Waals surface area contributed by atoms with E-state index >= 15 is 8.78 Å². The number of carboxylic acids is 1. The minimum atomic E-state index is -3.41. The molecule has 37 heavy (non-hydrogen) atoms. The van der Waals surface area contributed by atoms with Gasteiger partial charge in [0, 0.05) is 31.2 Å². The second-order valence-corrected chi connectivity index (χ2v) is 10.4. The van der Waals surface area contributed by atoms with E-state index in [4.69, 9.17) is 14.3 Å². The fourth-order valence-electron chi connectivity index (χ4n) is 4.49. The molecule has 0 spiro atoms. The number of β-amino-alcohol motifs (C(OH)–C–C–N with tert-alkyl or cyclic N) is 1. The van der Waals surface area contributed by atoms with Crippen LogP contribution in [-0.2, 0) is 20.2 Å². The Morgan fingerprint density at radius 2 is 1.89 bits per heavy atom. The Morgan fingerprint density at radius 1 is 1.16 bits per heavy atom. The van der Waals surface area contributed by atoms with Gasteiger partial charge in [0.05, 0.1) is 6.10 Å². The van der Waals surface area contributed by atoms with E-state index in [2.05, 4.69) is 9.97 Å². The Balaban J connectivity index is 1.75. The zero-order chi connectivity index (χ0) is 27.0. The predicted molar refractivity (Wildman–Crippen MR) is 132 cm³/mol. The summed E-state index contributed by atoms with van der Waals surface area (Å²) in [6.45, 7) is 5.14. The summed E-state index contributed by atoms with van der Waals surface area (Å²) in [5.41, 5.74) is -0.0266. The third-order valence-electron chi connectivity index (χ3n) is 6.14. The molecule has 200 valence electrons. The van der Waals surface area contributed by atoms with Gasteiger partial charge >= 0.3 is 17.9 Å². The van der Waals surface area contributed by atoms with Gasteiger partial charge in [-0.25, -0.2) is 14.8 Å². The summed E-state index contributed by atoms with van der Waals surface area (Å²) in [5.74, 6) is -5.70. The largest absolute Gasteiger partial charge is 0.481 e. The molecule has 0 bridgehead atoms. The van der Waals surface area contributed by atoms with Gasteiger partial charge in [-0.1, -0.05) is 18.6 Å². The number of ether oxygens (including phenoxy) is 1. The van der Waals surface area contributed by atoms with Gasteiger partial charge in [-0.05, 0) is 45.7 Å². The first kappa shape index (κ1) is 26.7. The molecule has 1 aliphatic heterocycles. The standard InChI is InChI=1S/C26H31F2N3O6/c1-25(2,3)37-23(35)17-13-15(32)14-31(17)22-21-20(16-9-6-7-10-18(16)36-21)29-24(30-22)26(27,28)12-8-4-5-11-19(33)34/h6-7,9-10,15,17,32H,4-5,8,11-14H2,1-3H3,(H,33,34)/t15-,17-/m0/s1. The van der Waals surface area contributed by atoms with Gasteiger partial charge in [0.2, 0.25) is 5.82 Å². The van der Waals surface area contributed by atoms with Crippen LogP contribution >= 0.6 is 0 Å². The van der Waals surface area contributed by atoms with Crippen LogP contribution in [0.4, 0.5) is 14.6 Å². The van der Waals surface area contributed by atoms with Crippen molar-refractivity contribution in [2.24, 2.45) is 0 Å². The lowest BCUT2D eigenvalue weighted by Crippen LogP contribution is -2.41. The highest BCUT2D eigenvalue weighted by Crippen LogP contribution is 2.40. The molecule has 1 fully saturated rings. The number of fused-ring (bicyclic) bond motifs is 3. The second kappa shape index (κ2) is 10.2. The van der Waals surface area contributed by atoms with Crippen LogP contribution in [-0.4, -0.2) is 56.4 Å². The first-order valence-corrected chi connectivity index (χ1v) is 12.3. The number of aliphatic carboxylic acids is 1. The van der Waals surface area contributed by atoms with Crippen LogP contribution in [0.3, 0.4) is 0 Å². The number of alkyl halides is 2. The average Bonchev–Trinajstić information content (AvgIpc) is 3.37. The Morgan fingerprint density at radius 3 is 2.59 bits per heavy atom. The Labute approximate surface area is 212 Å².